The lowest BCUT2D eigenvalue weighted by molar-refractivity contribution is -0.180. The van der Waals surface area contributed by atoms with Crippen LogP contribution in [0.1, 0.15) is 46.3 Å². The number of benzene rings is 1. The highest BCUT2D eigenvalue weighted by molar-refractivity contribution is 5.70. The molecule has 1 aromatic carbocycles. The molecule has 5 atom stereocenters. The summed E-state index contributed by atoms with van der Waals surface area (Å²) in [5.74, 6) is 0.885. The quantitative estimate of drug-likeness (QED) is 0.420. The molecule has 1 fully saturated rings. The first kappa shape index (κ1) is 21.4. The number of esters is 2. The van der Waals surface area contributed by atoms with Crippen LogP contribution in [0.3, 0.4) is 0 Å². The van der Waals surface area contributed by atoms with Gasteiger partial charge in [0, 0.05) is 25.2 Å². The number of rotatable bonds is 5. The van der Waals surface area contributed by atoms with E-state index in [1.165, 1.54) is 19.4 Å². The molecular formula is C23H30O6. The molecule has 1 saturated heterocycles. The van der Waals surface area contributed by atoms with Crippen LogP contribution in [0.4, 0.5) is 0 Å². The molecule has 1 aliphatic heterocycles. The molecule has 0 radical (unpaired) electrons. The van der Waals surface area contributed by atoms with Gasteiger partial charge < -0.3 is 18.9 Å². The fraction of sp³-hybridized carbons (Fsp3) is 0.565. The smallest absolute Gasteiger partial charge is 0.308 e. The lowest BCUT2D eigenvalue weighted by Gasteiger charge is -2.55. The summed E-state index contributed by atoms with van der Waals surface area (Å²) in [7, 11) is 1.55. The highest BCUT2D eigenvalue weighted by Gasteiger charge is 2.54. The summed E-state index contributed by atoms with van der Waals surface area (Å²) in [6.45, 7) is 10.2. The topological polar surface area (TPSA) is 71.1 Å². The van der Waals surface area contributed by atoms with Crippen molar-refractivity contribution in [1.82, 2.24) is 0 Å². The summed E-state index contributed by atoms with van der Waals surface area (Å²) < 4.78 is 22.5. The Morgan fingerprint density at radius 1 is 1.17 bits per heavy atom. The van der Waals surface area contributed by atoms with Gasteiger partial charge in [0.25, 0.3) is 0 Å². The van der Waals surface area contributed by atoms with Crippen molar-refractivity contribution in [3.8, 4) is 11.5 Å². The zero-order chi connectivity index (χ0) is 21.3. The summed E-state index contributed by atoms with van der Waals surface area (Å²) in [6.07, 6.45) is 2.13. The van der Waals surface area contributed by atoms with E-state index in [1.807, 2.05) is 12.1 Å². The zero-order valence-electron chi connectivity index (χ0n) is 18.0. The number of methoxy groups -OCH3 is 1. The Kier molecular flexibility index (Phi) is 6.03. The predicted octanol–water partition coefficient (Wildman–Crippen LogP) is 4.09. The number of fused-ring (bicyclic) bond motifs is 2. The summed E-state index contributed by atoms with van der Waals surface area (Å²) in [6, 6.07) is 5.54. The van der Waals surface area contributed by atoms with E-state index in [2.05, 4.69) is 26.8 Å². The van der Waals surface area contributed by atoms with Gasteiger partial charge in [-0.3, -0.25) is 9.59 Å². The largest absolute Gasteiger partial charge is 0.493 e. The van der Waals surface area contributed by atoms with Crippen molar-refractivity contribution in [2.24, 2.45) is 23.2 Å². The molecule has 1 aliphatic carbocycles. The first-order valence-corrected chi connectivity index (χ1v) is 9.99. The number of carbonyl (C=O) groups excluding carboxylic acids is 2. The van der Waals surface area contributed by atoms with Gasteiger partial charge in [-0.15, -0.1) is 0 Å². The average molecular weight is 402 g/mol. The molecule has 3 rings (SSSR count). The van der Waals surface area contributed by atoms with Crippen LogP contribution in [0, 0.1) is 23.2 Å². The van der Waals surface area contributed by atoms with Crippen LogP contribution in [0.2, 0.25) is 0 Å². The first-order chi connectivity index (χ1) is 13.7. The number of hydrogen-bond donors (Lipinski definition) is 0. The van der Waals surface area contributed by atoms with E-state index < -0.39 is 5.97 Å². The Morgan fingerprint density at radius 2 is 1.90 bits per heavy atom. The Bertz CT molecular complexity index is 829. The third-order valence-corrected chi connectivity index (χ3v) is 6.56. The summed E-state index contributed by atoms with van der Waals surface area (Å²) in [4.78, 5) is 22.8. The van der Waals surface area contributed by atoms with E-state index in [9.17, 15) is 9.59 Å². The number of carbonyl (C=O) groups is 2. The minimum absolute atomic E-state index is 0.153. The van der Waals surface area contributed by atoms with Crippen molar-refractivity contribution in [2.75, 3.05) is 20.3 Å². The lowest BCUT2D eigenvalue weighted by Crippen LogP contribution is -2.54. The molecule has 0 spiro atoms. The summed E-state index contributed by atoms with van der Waals surface area (Å²) in [5.41, 5.74) is 2.00. The third kappa shape index (κ3) is 3.90. The van der Waals surface area contributed by atoms with E-state index in [1.54, 1.807) is 13.2 Å². The van der Waals surface area contributed by atoms with Gasteiger partial charge in [0.05, 0.1) is 26.4 Å². The lowest BCUT2D eigenvalue weighted by atomic mass is 9.56. The van der Waals surface area contributed by atoms with Crippen LogP contribution in [0.15, 0.2) is 29.8 Å². The van der Waals surface area contributed by atoms with Crippen LogP contribution < -0.4 is 9.47 Å². The molecule has 1 aromatic rings. The molecule has 0 aromatic heterocycles. The maximum absolute atomic E-state index is 11.5. The van der Waals surface area contributed by atoms with Crippen LogP contribution in [-0.2, 0) is 19.1 Å². The van der Waals surface area contributed by atoms with Crippen molar-refractivity contribution in [3.05, 3.63) is 35.4 Å². The second kappa shape index (κ2) is 8.19. The minimum atomic E-state index is -0.395. The van der Waals surface area contributed by atoms with Gasteiger partial charge in [-0.1, -0.05) is 31.6 Å². The van der Waals surface area contributed by atoms with E-state index in [-0.39, 0.29) is 35.2 Å². The van der Waals surface area contributed by atoms with Crippen LogP contribution in [-0.4, -0.2) is 32.3 Å². The average Bonchev–Trinajstić information content (AvgIpc) is 2.65. The predicted molar refractivity (Wildman–Crippen MR) is 108 cm³/mol. The Morgan fingerprint density at radius 3 is 2.52 bits per heavy atom. The Hall–Kier alpha value is -2.34. The molecule has 2 aliphatic rings. The fourth-order valence-electron chi connectivity index (χ4n) is 4.89. The molecule has 0 N–H and O–H groups in total. The number of allylic oxidation sites excluding steroid dienone is 1. The van der Waals surface area contributed by atoms with Gasteiger partial charge in [-0.2, -0.15) is 0 Å². The van der Waals surface area contributed by atoms with Gasteiger partial charge in [0.1, 0.15) is 0 Å². The molecule has 6 nitrogen and oxygen atoms in total. The normalized spacial score (nSPS) is 30.9. The van der Waals surface area contributed by atoms with Gasteiger partial charge in [0.2, 0.25) is 0 Å². The number of hydrogen-bond acceptors (Lipinski definition) is 6. The van der Waals surface area contributed by atoms with E-state index in [0.717, 1.165) is 5.56 Å². The van der Waals surface area contributed by atoms with Crippen LogP contribution in [0.5, 0.6) is 11.5 Å². The molecule has 6 heteroatoms. The van der Waals surface area contributed by atoms with E-state index in [4.69, 9.17) is 18.9 Å². The zero-order valence-corrected chi connectivity index (χ0v) is 18.0. The second-order valence-electron chi connectivity index (χ2n) is 8.26. The molecule has 2 bridgehead atoms. The van der Waals surface area contributed by atoms with Gasteiger partial charge >= 0.3 is 11.9 Å². The fourth-order valence-corrected chi connectivity index (χ4v) is 4.89. The van der Waals surface area contributed by atoms with Gasteiger partial charge in [0.15, 0.2) is 11.5 Å². The molecule has 29 heavy (non-hydrogen) atoms. The second-order valence-corrected chi connectivity index (χ2v) is 8.26. The molecule has 5 unspecified atom stereocenters. The molecule has 158 valence electrons. The SMILES string of the molecule is COc1cc(C2OCC3(COC(C)=O)C(C)C=C(C)C2C3C)ccc1OC(C)=O. The monoisotopic (exact) mass is 402 g/mol. The standard InChI is InChI=1S/C23H30O6/c1-13-9-14(2)23(11-27-16(4)24)12-28-22(21(13)15(23)3)18-7-8-19(29-17(5)25)20(10-18)26-6/h7-10,14-15,21-22H,11-12H2,1-6H3. The Balaban J connectivity index is 1.95. The highest BCUT2D eigenvalue weighted by Crippen LogP contribution is 2.56. The highest BCUT2D eigenvalue weighted by atomic mass is 16.6. The van der Waals surface area contributed by atoms with Crippen LogP contribution >= 0.6 is 0 Å². The molecule has 0 amide bonds. The molecular weight excluding hydrogens is 372 g/mol. The van der Waals surface area contributed by atoms with Gasteiger partial charge in [-0.05, 0) is 36.5 Å². The van der Waals surface area contributed by atoms with E-state index >= 15 is 0 Å². The van der Waals surface area contributed by atoms with Crippen LogP contribution in [0.25, 0.3) is 0 Å². The maximum atomic E-state index is 11.5. The third-order valence-electron chi connectivity index (χ3n) is 6.56. The van der Waals surface area contributed by atoms with Crippen molar-refractivity contribution in [1.29, 1.82) is 0 Å². The van der Waals surface area contributed by atoms with Crippen molar-refractivity contribution in [3.63, 3.8) is 0 Å². The molecule has 0 saturated carbocycles. The first-order valence-electron chi connectivity index (χ1n) is 9.99. The maximum Gasteiger partial charge on any atom is 0.308 e. The number of ether oxygens (including phenoxy) is 4. The van der Waals surface area contributed by atoms with Crippen molar-refractivity contribution in [2.45, 2.75) is 40.7 Å². The van der Waals surface area contributed by atoms with Crippen molar-refractivity contribution >= 4 is 11.9 Å². The Labute approximate surface area is 172 Å². The molecule has 1 heterocycles. The van der Waals surface area contributed by atoms with Crippen molar-refractivity contribution < 1.29 is 28.5 Å². The van der Waals surface area contributed by atoms with E-state index in [0.29, 0.717) is 24.7 Å². The van der Waals surface area contributed by atoms with Gasteiger partial charge in [-0.25, -0.2) is 0 Å². The summed E-state index contributed by atoms with van der Waals surface area (Å²) in [5, 5.41) is 0. The summed E-state index contributed by atoms with van der Waals surface area (Å²) >= 11 is 0. The minimum Gasteiger partial charge on any atom is -0.493 e.